The topological polar surface area (TPSA) is 65.1 Å². The van der Waals surface area contributed by atoms with E-state index < -0.39 is 6.04 Å². The number of carbonyl (C=O) groups is 2. The van der Waals surface area contributed by atoms with Gasteiger partial charge < -0.3 is 19.1 Å². The first-order valence-corrected chi connectivity index (χ1v) is 8.13. The molecule has 1 amide bonds. The van der Waals surface area contributed by atoms with Crippen LogP contribution in [-0.4, -0.2) is 50.7 Å². The Morgan fingerprint density at radius 1 is 1.21 bits per heavy atom. The van der Waals surface area contributed by atoms with Crippen LogP contribution >= 0.6 is 0 Å². The molecule has 6 nitrogen and oxygen atoms in total. The molecule has 1 fully saturated rings. The molecule has 1 aromatic carbocycles. The van der Waals surface area contributed by atoms with Crippen LogP contribution in [-0.2, 0) is 9.53 Å². The first kappa shape index (κ1) is 18.1. The Kier molecular flexibility index (Phi) is 5.70. The first-order chi connectivity index (χ1) is 11.5. The van der Waals surface area contributed by atoms with E-state index in [1.807, 2.05) is 6.07 Å². The third-order valence-corrected chi connectivity index (χ3v) is 4.68. The monoisotopic (exact) mass is 335 g/mol. The van der Waals surface area contributed by atoms with E-state index in [0.717, 1.165) is 12.0 Å². The lowest BCUT2D eigenvalue weighted by Gasteiger charge is -2.39. The second-order valence-electron chi connectivity index (χ2n) is 5.93. The maximum Gasteiger partial charge on any atom is 0.328 e. The fraction of sp³-hybridized carbons (Fsp3) is 0.556. The molecule has 0 spiro atoms. The van der Waals surface area contributed by atoms with E-state index in [1.54, 1.807) is 18.1 Å². The number of amides is 1. The van der Waals surface area contributed by atoms with Gasteiger partial charge in [-0.05, 0) is 36.5 Å². The summed E-state index contributed by atoms with van der Waals surface area (Å²) in [6.07, 6.45) is 1.51. The molecular weight excluding hydrogens is 310 g/mol. The highest BCUT2D eigenvalue weighted by atomic mass is 16.5. The van der Waals surface area contributed by atoms with Crippen molar-refractivity contribution >= 4 is 11.9 Å². The van der Waals surface area contributed by atoms with Gasteiger partial charge in [0.2, 0.25) is 0 Å². The van der Waals surface area contributed by atoms with Gasteiger partial charge in [0.05, 0.1) is 21.3 Å². The molecule has 1 aliphatic rings. The Morgan fingerprint density at radius 2 is 1.83 bits per heavy atom. The van der Waals surface area contributed by atoms with Crippen molar-refractivity contribution in [2.45, 2.75) is 38.6 Å². The van der Waals surface area contributed by atoms with Gasteiger partial charge in [0.15, 0.2) is 11.5 Å². The number of ether oxygens (including phenoxy) is 3. The predicted molar refractivity (Wildman–Crippen MR) is 89.7 cm³/mol. The van der Waals surface area contributed by atoms with Crippen LogP contribution < -0.4 is 9.47 Å². The van der Waals surface area contributed by atoms with E-state index in [1.165, 1.54) is 14.2 Å². The third kappa shape index (κ3) is 3.18. The molecule has 1 aromatic rings. The fourth-order valence-electron chi connectivity index (χ4n) is 2.87. The van der Waals surface area contributed by atoms with Crippen LogP contribution in [0, 0.1) is 0 Å². The Morgan fingerprint density at radius 3 is 2.29 bits per heavy atom. The highest BCUT2D eigenvalue weighted by molar-refractivity contribution is 5.99. The minimum Gasteiger partial charge on any atom is -0.493 e. The highest BCUT2D eigenvalue weighted by Crippen LogP contribution is 2.36. The van der Waals surface area contributed by atoms with E-state index in [-0.39, 0.29) is 17.8 Å². The van der Waals surface area contributed by atoms with Crippen LogP contribution in [0.2, 0.25) is 0 Å². The van der Waals surface area contributed by atoms with E-state index in [9.17, 15) is 9.59 Å². The number of hydrogen-bond donors (Lipinski definition) is 0. The minimum atomic E-state index is -0.500. The van der Waals surface area contributed by atoms with Crippen LogP contribution in [0.1, 0.15) is 48.5 Å². The van der Waals surface area contributed by atoms with Crippen molar-refractivity contribution in [2.75, 3.05) is 27.9 Å². The molecule has 0 radical (unpaired) electrons. The lowest BCUT2D eigenvalue weighted by molar-refractivity contribution is -0.149. The predicted octanol–water partition coefficient (Wildman–Crippen LogP) is 2.60. The van der Waals surface area contributed by atoms with Crippen molar-refractivity contribution in [2.24, 2.45) is 0 Å². The molecule has 24 heavy (non-hydrogen) atoms. The maximum atomic E-state index is 13.0. The average molecular weight is 335 g/mol. The fourth-order valence-corrected chi connectivity index (χ4v) is 2.87. The number of esters is 1. The lowest BCUT2D eigenvalue weighted by Crippen LogP contribution is -2.55. The zero-order chi connectivity index (χ0) is 17.9. The molecule has 1 saturated heterocycles. The van der Waals surface area contributed by atoms with Crippen molar-refractivity contribution in [3.8, 4) is 11.5 Å². The standard InChI is InChI=1S/C18H25NO5/c1-6-11(2)12-9-15(22-3)16(23-4)10-13(12)17(20)19-8-7-14(19)18(21)24-5/h9-11,14H,6-8H2,1-5H3/t11?,14-/m1/s1. The summed E-state index contributed by atoms with van der Waals surface area (Å²) < 4.78 is 15.5. The molecule has 1 aliphatic heterocycles. The summed E-state index contributed by atoms with van der Waals surface area (Å²) in [4.78, 5) is 26.3. The van der Waals surface area contributed by atoms with E-state index in [0.29, 0.717) is 30.0 Å². The molecule has 1 unspecified atom stereocenters. The number of methoxy groups -OCH3 is 3. The van der Waals surface area contributed by atoms with Crippen LogP contribution in [0.4, 0.5) is 0 Å². The zero-order valence-corrected chi connectivity index (χ0v) is 14.9. The van der Waals surface area contributed by atoms with Crippen molar-refractivity contribution < 1.29 is 23.8 Å². The second-order valence-corrected chi connectivity index (χ2v) is 5.93. The van der Waals surface area contributed by atoms with Crippen molar-refractivity contribution in [3.05, 3.63) is 23.3 Å². The summed E-state index contributed by atoms with van der Waals surface area (Å²) >= 11 is 0. The van der Waals surface area contributed by atoms with Crippen LogP contribution in [0.3, 0.4) is 0 Å². The summed E-state index contributed by atoms with van der Waals surface area (Å²) in [6.45, 7) is 4.68. The van der Waals surface area contributed by atoms with E-state index in [2.05, 4.69) is 13.8 Å². The summed E-state index contributed by atoms with van der Waals surface area (Å²) in [5, 5.41) is 0. The van der Waals surface area contributed by atoms with Crippen LogP contribution in [0.5, 0.6) is 11.5 Å². The van der Waals surface area contributed by atoms with Crippen molar-refractivity contribution in [1.82, 2.24) is 4.90 Å². The maximum absolute atomic E-state index is 13.0. The van der Waals surface area contributed by atoms with E-state index in [4.69, 9.17) is 14.2 Å². The first-order valence-electron chi connectivity index (χ1n) is 8.13. The summed E-state index contributed by atoms with van der Waals surface area (Å²) in [5.41, 5.74) is 1.45. The van der Waals surface area contributed by atoms with Crippen molar-refractivity contribution in [1.29, 1.82) is 0 Å². The largest absolute Gasteiger partial charge is 0.493 e. The Labute approximate surface area is 142 Å². The number of carbonyl (C=O) groups excluding carboxylic acids is 2. The van der Waals surface area contributed by atoms with Gasteiger partial charge in [0.1, 0.15) is 6.04 Å². The van der Waals surface area contributed by atoms with Gasteiger partial charge in [-0.3, -0.25) is 4.79 Å². The van der Waals surface area contributed by atoms with E-state index >= 15 is 0 Å². The van der Waals surface area contributed by atoms with Gasteiger partial charge >= 0.3 is 5.97 Å². The quantitative estimate of drug-likeness (QED) is 0.748. The number of benzene rings is 1. The summed E-state index contributed by atoms with van der Waals surface area (Å²) in [5.74, 6) is 0.732. The molecule has 0 N–H and O–H groups in total. The van der Waals surface area contributed by atoms with Gasteiger partial charge in [-0.15, -0.1) is 0 Å². The summed E-state index contributed by atoms with van der Waals surface area (Å²) in [6, 6.07) is 3.06. The Bertz CT molecular complexity index is 628. The molecule has 1 heterocycles. The Balaban J connectivity index is 2.43. The molecular formula is C18H25NO5. The molecule has 132 valence electrons. The molecule has 6 heteroatoms. The van der Waals surface area contributed by atoms with Gasteiger partial charge in [0.25, 0.3) is 5.91 Å². The number of nitrogens with zero attached hydrogens (tertiary/aromatic N) is 1. The highest BCUT2D eigenvalue weighted by Gasteiger charge is 2.39. The second kappa shape index (κ2) is 7.55. The van der Waals surface area contributed by atoms with Gasteiger partial charge in [0, 0.05) is 12.1 Å². The molecule has 2 atom stereocenters. The normalized spacial score (nSPS) is 17.7. The van der Waals surface area contributed by atoms with Gasteiger partial charge in [-0.25, -0.2) is 4.79 Å². The number of likely N-dealkylation sites (tertiary alicyclic amines) is 1. The number of rotatable bonds is 6. The van der Waals surface area contributed by atoms with Crippen LogP contribution in [0.25, 0.3) is 0 Å². The molecule has 2 rings (SSSR count). The molecule has 0 bridgehead atoms. The average Bonchev–Trinajstić information content (AvgIpc) is 2.58. The number of hydrogen-bond acceptors (Lipinski definition) is 5. The van der Waals surface area contributed by atoms with Crippen molar-refractivity contribution in [3.63, 3.8) is 0 Å². The molecule has 0 aromatic heterocycles. The minimum absolute atomic E-state index is 0.173. The smallest absolute Gasteiger partial charge is 0.328 e. The third-order valence-electron chi connectivity index (χ3n) is 4.68. The lowest BCUT2D eigenvalue weighted by atomic mass is 9.91. The summed E-state index contributed by atoms with van der Waals surface area (Å²) in [7, 11) is 4.45. The van der Waals surface area contributed by atoms with Gasteiger partial charge in [-0.1, -0.05) is 13.8 Å². The van der Waals surface area contributed by atoms with Gasteiger partial charge in [-0.2, -0.15) is 0 Å². The SMILES string of the molecule is CCC(C)c1cc(OC)c(OC)cc1C(=O)N1CC[C@@H]1C(=O)OC. The molecule has 0 aliphatic carbocycles. The Hall–Kier alpha value is -2.24. The van der Waals surface area contributed by atoms with Crippen LogP contribution in [0.15, 0.2) is 12.1 Å². The zero-order valence-electron chi connectivity index (χ0n) is 14.9. The molecule has 0 saturated carbocycles.